The van der Waals surface area contributed by atoms with Crippen LogP contribution in [0.15, 0.2) is 0 Å². The van der Waals surface area contributed by atoms with E-state index in [0.29, 0.717) is 6.61 Å². The van der Waals surface area contributed by atoms with Crippen molar-refractivity contribution >= 4 is 14.4 Å². The summed E-state index contributed by atoms with van der Waals surface area (Å²) in [5.74, 6) is 0. The quantitative estimate of drug-likeness (QED) is 0.798. The van der Waals surface area contributed by atoms with E-state index < -0.39 is 13.9 Å². The third-order valence-electron chi connectivity index (χ3n) is 3.26. The SMILES string of the molecule is C[C@@H](CO[Si](C)(C)C(C)(C)C)NC(=O)OC(C)(C)C. The minimum atomic E-state index is -1.76. The van der Waals surface area contributed by atoms with Gasteiger partial charge in [0.1, 0.15) is 5.60 Å². The van der Waals surface area contributed by atoms with Crippen LogP contribution in [0.5, 0.6) is 0 Å². The van der Waals surface area contributed by atoms with Crippen LogP contribution >= 0.6 is 0 Å². The molecule has 5 heteroatoms. The molecule has 0 aromatic heterocycles. The Labute approximate surface area is 119 Å². The lowest BCUT2D eigenvalue weighted by Gasteiger charge is -2.37. The summed E-state index contributed by atoms with van der Waals surface area (Å²) in [6.07, 6.45) is -0.390. The molecule has 0 aliphatic carbocycles. The van der Waals surface area contributed by atoms with E-state index in [2.05, 4.69) is 39.2 Å². The Morgan fingerprint density at radius 1 is 1.16 bits per heavy atom. The smallest absolute Gasteiger partial charge is 0.407 e. The van der Waals surface area contributed by atoms with Crippen molar-refractivity contribution in [2.24, 2.45) is 0 Å². The van der Waals surface area contributed by atoms with Gasteiger partial charge in [0.05, 0.1) is 12.6 Å². The number of nitrogens with one attached hydrogen (secondary N) is 1. The molecule has 114 valence electrons. The van der Waals surface area contributed by atoms with Gasteiger partial charge in [-0.15, -0.1) is 0 Å². The van der Waals surface area contributed by atoms with Crippen LogP contribution in [0.3, 0.4) is 0 Å². The highest BCUT2D eigenvalue weighted by Crippen LogP contribution is 2.36. The van der Waals surface area contributed by atoms with Crippen molar-refractivity contribution in [3.05, 3.63) is 0 Å². The zero-order valence-electron chi connectivity index (χ0n) is 14.0. The van der Waals surface area contributed by atoms with Gasteiger partial charge in [0.2, 0.25) is 0 Å². The molecular weight excluding hydrogens is 258 g/mol. The predicted octanol–water partition coefficient (Wildman–Crippen LogP) is 3.92. The number of ether oxygens (including phenoxy) is 1. The van der Waals surface area contributed by atoms with E-state index >= 15 is 0 Å². The van der Waals surface area contributed by atoms with E-state index in [1.807, 2.05) is 27.7 Å². The molecule has 0 fully saturated rings. The zero-order valence-corrected chi connectivity index (χ0v) is 15.0. The van der Waals surface area contributed by atoms with Crippen LogP contribution in [-0.4, -0.2) is 32.7 Å². The minimum Gasteiger partial charge on any atom is -0.444 e. The van der Waals surface area contributed by atoms with Gasteiger partial charge in [-0.2, -0.15) is 0 Å². The Kier molecular flexibility index (Phi) is 6.08. The second-order valence-corrected chi connectivity index (χ2v) is 12.4. The van der Waals surface area contributed by atoms with E-state index in [1.54, 1.807) is 0 Å². The number of hydrogen-bond donors (Lipinski definition) is 1. The lowest BCUT2D eigenvalue weighted by molar-refractivity contribution is 0.0491. The Morgan fingerprint density at radius 3 is 2.00 bits per heavy atom. The normalized spacial score (nSPS) is 15.0. The van der Waals surface area contributed by atoms with Crippen LogP contribution in [0, 0.1) is 0 Å². The molecule has 1 atom stereocenters. The van der Waals surface area contributed by atoms with Crippen LogP contribution < -0.4 is 5.32 Å². The topological polar surface area (TPSA) is 47.6 Å². The van der Waals surface area contributed by atoms with Gasteiger partial charge >= 0.3 is 6.09 Å². The highest BCUT2D eigenvalue weighted by molar-refractivity contribution is 6.74. The average molecular weight is 289 g/mol. The third kappa shape index (κ3) is 7.57. The van der Waals surface area contributed by atoms with Gasteiger partial charge < -0.3 is 14.5 Å². The summed E-state index contributed by atoms with van der Waals surface area (Å²) < 4.78 is 11.3. The molecule has 1 amide bonds. The number of amides is 1. The summed E-state index contributed by atoms with van der Waals surface area (Å²) in [6.45, 7) is 19.0. The van der Waals surface area contributed by atoms with Crippen molar-refractivity contribution in [1.29, 1.82) is 0 Å². The molecule has 0 aromatic rings. The van der Waals surface area contributed by atoms with Crippen molar-refractivity contribution in [2.45, 2.75) is 78.2 Å². The lowest BCUT2D eigenvalue weighted by Crippen LogP contribution is -2.46. The minimum absolute atomic E-state index is 0.0519. The second kappa shape index (κ2) is 6.26. The van der Waals surface area contributed by atoms with Crippen molar-refractivity contribution in [3.63, 3.8) is 0 Å². The molecule has 0 bridgehead atoms. The number of rotatable bonds is 4. The van der Waals surface area contributed by atoms with E-state index in [9.17, 15) is 4.79 Å². The van der Waals surface area contributed by atoms with Crippen LogP contribution in [-0.2, 0) is 9.16 Å². The van der Waals surface area contributed by atoms with Gasteiger partial charge in [-0.3, -0.25) is 0 Å². The first kappa shape index (κ1) is 18.4. The van der Waals surface area contributed by atoms with Gasteiger partial charge in [-0.1, -0.05) is 20.8 Å². The number of carbonyl (C=O) groups excluding carboxylic acids is 1. The fourth-order valence-corrected chi connectivity index (χ4v) is 2.20. The lowest BCUT2D eigenvalue weighted by atomic mass is 10.2. The molecule has 19 heavy (non-hydrogen) atoms. The summed E-state index contributed by atoms with van der Waals surface area (Å²) in [5.41, 5.74) is -0.468. The average Bonchev–Trinajstić information content (AvgIpc) is 2.09. The summed E-state index contributed by atoms with van der Waals surface area (Å²) >= 11 is 0. The van der Waals surface area contributed by atoms with Gasteiger partial charge in [0.15, 0.2) is 8.32 Å². The molecule has 0 heterocycles. The largest absolute Gasteiger partial charge is 0.444 e. The van der Waals surface area contributed by atoms with Crippen LogP contribution in [0.1, 0.15) is 48.5 Å². The number of hydrogen-bond acceptors (Lipinski definition) is 3. The van der Waals surface area contributed by atoms with Crippen LogP contribution in [0.2, 0.25) is 18.1 Å². The summed E-state index contributed by atoms with van der Waals surface area (Å²) in [7, 11) is -1.76. The van der Waals surface area contributed by atoms with Crippen molar-refractivity contribution in [3.8, 4) is 0 Å². The monoisotopic (exact) mass is 289 g/mol. The van der Waals surface area contributed by atoms with E-state index in [0.717, 1.165) is 0 Å². The van der Waals surface area contributed by atoms with Crippen LogP contribution in [0.4, 0.5) is 4.79 Å². The standard InChI is InChI=1S/C14H31NO3Si/c1-11(15-12(16)18-13(2,3)4)10-17-19(8,9)14(5,6)7/h11H,10H2,1-9H3,(H,15,16)/t11-/m0/s1. The third-order valence-corrected chi connectivity index (χ3v) is 7.76. The van der Waals surface area contributed by atoms with Crippen LogP contribution in [0.25, 0.3) is 0 Å². The zero-order chi connectivity index (χ0) is 15.5. The molecule has 0 radical (unpaired) electrons. The maximum atomic E-state index is 11.6. The van der Waals surface area contributed by atoms with Gasteiger partial charge in [-0.05, 0) is 45.8 Å². The summed E-state index contributed by atoms with van der Waals surface area (Å²) in [4.78, 5) is 11.6. The highest BCUT2D eigenvalue weighted by atomic mass is 28.4. The first-order chi connectivity index (χ1) is 8.24. The molecule has 0 unspecified atom stereocenters. The predicted molar refractivity (Wildman–Crippen MR) is 82.0 cm³/mol. The van der Waals surface area contributed by atoms with Gasteiger partial charge in [-0.25, -0.2) is 4.79 Å². The molecule has 0 aliphatic heterocycles. The Hall–Kier alpha value is -0.553. The maximum Gasteiger partial charge on any atom is 0.407 e. The number of carbonyl (C=O) groups is 1. The van der Waals surface area contributed by atoms with Gasteiger partial charge in [0, 0.05) is 0 Å². The first-order valence-corrected chi connectivity index (χ1v) is 9.79. The fourth-order valence-electron chi connectivity index (χ4n) is 1.10. The Balaban J connectivity index is 4.20. The molecular formula is C14H31NO3Si. The number of alkyl carbamates (subject to hydrolysis) is 1. The molecule has 0 aromatic carbocycles. The Morgan fingerprint density at radius 2 is 1.63 bits per heavy atom. The van der Waals surface area contributed by atoms with E-state index in [1.165, 1.54) is 0 Å². The fraction of sp³-hybridized carbons (Fsp3) is 0.929. The molecule has 1 N–H and O–H groups in total. The van der Waals surface area contributed by atoms with Crippen molar-refractivity contribution < 1.29 is 14.0 Å². The molecule has 0 rings (SSSR count). The Bertz CT molecular complexity index is 303. The van der Waals surface area contributed by atoms with E-state index in [4.69, 9.17) is 9.16 Å². The van der Waals surface area contributed by atoms with Gasteiger partial charge in [0.25, 0.3) is 0 Å². The first-order valence-electron chi connectivity index (χ1n) is 6.88. The second-order valence-electron chi connectivity index (χ2n) is 7.62. The van der Waals surface area contributed by atoms with Crippen molar-refractivity contribution in [2.75, 3.05) is 6.61 Å². The molecule has 0 saturated carbocycles. The van der Waals surface area contributed by atoms with Crippen molar-refractivity contribution in [1.82, 2.24) is 5.32 Å². The maximum absolute atomic E-state index is 11.6. The summed E-state index contributed by atoms with van der Waals surface area (Å²) in [6, 6.07) is -0.0519. The molecule has 0 aliphatic rings. The van der Waals surface area contributed by atoms with E-state index in [-0.39, 0.29) is 17.2 Å². The highest BCUT2D eigenvalue weighted by Gasteiger charge is 2.37. The molecule has 0 saturated heterocycles. The summed E-state index contributed by atoms with van der Waals surface area (Å²) in [5, 5.41) is 2.98. The molecule has 0 spiro atoms. The molecule has 4 nitrogen and oxygen atoms in total.